The number of carbonyl (C=O) groups is 2. The van der Waals surface area contributed by atoms with Gasteiger partial charge in [-0.15, -0.1) is 13.2 Å². The van der Waals surface area contributed by atoms with Gasteiger partial charge in [0.2, 0.25) is 8.05 Å². The molecule has 80 valence electrons. The zero-order valence-electron chi connectivity index (χ0n) is 8.60. The van der Waals surface area contributed by atoms with Crippen LogP contribution in [0.4, 0.5) is 0 Å². The van der Waals surface area contributed by atoms with Gasteiger partial charge in [0.1, 0.15) is 0 Å². The van der Waals surface area contributed by atoms with Crippen LogP contribution in [0.15, 0.2) is 25.3 Å². The van der Waals surface area contributed by atoms with E-state index >= 15 is 0 Å². The molecule has 0 saturated heterocycles. The van der Waals surface area contributed by atoms with Crippen molar-refractivity contribution in [1.29, 1.82) is 0 Å². The van der Waals surface area contributed by atoms with E-state index < -0.39 is 19.3 Å². The Kier molecular flexibility index (Phi) is 7.09. The molecular weight excluding hydrogens is 198 g/mol. The standard InChI is InChI=1S/C8H12B2O5/c1-3-5-7(11)13-10(15-9)14-8(12)6-4-2/h3-4H,1-2,5-6,9H2. The summed E-state index contributed by atoms with van der Waals surface area (Å²) in [5.41, 5.74) is 0. The van der Waals surface area contributed by atoms with E-state index in [0.717, 1.165) is 0 Å². The first-order valence-electron chi connectivity index (χ1n) is 4.27. The average Bonchev–Trinajstić information content (AvgIpc) is 2.17. The highest BCUT2D eigenvalue weighted by molar-refractivity contribution is 6.46. The Labute approximate surface area is 89.7 Å². The van der Waals surface area contributed by atoms with Crippen LogP contribution in [0.3, 0.4) is 0 Å². The molecule has 0 aliphatic rings. The second-order valence-electron chi connectivity index (χ2n) is 2.49. The summed E-state index contributed by atoms with van der Waals surface area (Å²) in [4.78, 5) is 21.9. The van der Waals surface area contributed by atoms with Crippen molar-refractivity contribution in [2.24, 2.45) is 0 Å². The lowest BCUT2D eigenvalue weighted by molar-refractivity contribution is -0.141. The van der Waals surface area contributed by atoms with Crippen LogP contribution in [-0.4, -0.2) is 27.3 Å². The van der Waals surface area contributed by atoms with Crippen LogP contribution in [0.5, 0.6) is 0 Å². The normalized spacial score (nSPS) is 8.80. The summed E-state index contributed by atoms with van der Waals surface area (Å²) in [5, 5.41) is 0. The van der Waals surface area contributed by atoms with Gasteiger partial charge in [-0.1, -0.05) is 12.2 Å². The Morgan fingerprint density at radius 1 is 1.13 bits per heavy atom. The second-order valence-corrected chi connectivity index (χ2v) is 2.49. The lowest BCUT2D eigenvalue weighted by atomic mass is 10.2. The number of hydrogen-bond donors (Lipinski definition) is 0. The molecule has 0 aliphatic heterocycles. The number of hydrogen-bond acceptors (Lipinski definition) is 5. The second kappa shape index (κ2) is 7.87. The molecular formula is C8H12B2O5. The molecule has 0 aromatic carbocycles. The molecule has 0 spiro atoms. The molecule has 0 atom stereocenters. The van der Waals surface area contributed by atoms with Gasteiger partial charge in [0, 0.05) is 0 Å². The summed E-state index contributed by atoms with van der Waals surface area (Å²) >= 11 is 0. The van der Waals surface area contributed by atoms with Crippen molar-refractivity contribution in [3.05, 3.63) is 25.3 Å². The lowest BCUT2D eigenvalue weighted by Gasteiger charge is -2.10. The predicted molar refractivity (Wildman–Crippen MR) is 57.2 cm³/mol. The predicted octanol–water partition coefficient (Wildman–Crippen LogP) is -0.225. The zero-order valence-corrected chi connectivity index (χ0v) is 8.60. The fraction of sp³-hybridized carbons (Fsp3) is 0.250. The first kappa shape index (κ1) is 13.5. The lowest BCUT2D eigenvalue weighted by Crippen LogP contribution is -2.31. The van der Waals surface area contributed by atoms with Crippen molar-refractivity contribution in [3.8, 4) is 0 Å². The quantitative estimate of drug-likeness (QED) is 0.429. The van der Waals surface area contributed by atoms with E-state index in [9.17, 15) is 9.59 Å². The topological polar surface area (TPSA) is 61.8 Å². The molecule has 0 radical (unpaired) electrons. The smallest absolute Gasteiger partial charge is 0.474 e. The van der Waals surface area contributed by atoms with Crippen LogP contribution in [0.1, 0.15) is 12.8 Å². The van der Waals surface area contributed by atoms with Crippen molar-refractivity contribution in [2.45, 2.75) is 12.8 Å². The molecule has 15 heavy (non-hydrogen) atoms. The van der Waals surface area contributed by atoms with Gasteiger partial charge in [-0.05, 0) is 0 Å². The van der Waals surface area contributed by atoms with E-state index in [1.165, 1.54) is 20.2 Å². The van der Waals surface area contributed by atoms with E-state index in [2.05, 4.69) is 27.0 Å². The van der Waals surface area contributed by atoms with Gasteiger partial charge in [0.05, 0.1) is 12.8 Å². The summed E-state index contributed by atoms with van der Waals surface area (Å²) in [5.74, 6) is -1.16. The number of rotatable bonds is 7. The molecule has 0 saturated carbocycles. The van der Waals surface area contributed by atoms with Crippen molar-refractivity contribution in [2.75, 3.05) is 0 Å². The highest BCUT2D eigenvalue weighted by atomic mass is 16.7. The maximum Gasteiger partial charge on any atom is 0.775 e. The minimum atomic E-state index is -1.31. The molecule has 0 fully saturated rings. The van der Waals surface area contributed by atoms with Crippen molar-refractivity contribution in [1.82, 2.24) is 0 Å². The van der Waals surface area contributed by atoms with E-state index in [1.807, 2.05) is 0 Å². The molecule has 0 heterocycles. The highest BCUT2D eigenvalue weighted by Gasteiger charge is 2.28. The van der Waals surface area contributed by atoms with Gasteiger partial charge in [-0.2, -0.15) is 0 Å². The Balaban J connectivity index is 4.01. The molecule has 7 heteroatoms. The van der Waals surface area contributed by atoms with E-state index in [-0.39, 0.29) is 12.8 Å². The summed E-state index contributed by atoms with van der Waals surface area (Å²) in [6.45, 7) is 6.72. The van der Waals surface area contributed by atoms with Crippen molar-refractivity contribution >= 4 is 27.3 Å². The van der Waals surface area contributed by atoms with Crippen LogP contribution in [-0.2, 0) is 23.5 Å². The molecule has 0 rings (SSSR count). The van der Waals surface area contributed by atoms with Crippen LogP contribution < -0.4 is 0 Å². The first-order valence-corrected chi connectivity index (χ1v) is 4.27. The summed E-state index contributed by atoms with van der Waals surface area (Å²) in [6, 6.07) is 0. The third-order valence-electron chi connectivity index (χ3n) is 1.27. The average molecular weight is 210 g/mol. The van der Waals surface area contributed by atoms with Gasteiger partial charge in [0.25, 0.3) is 11.9 Å². The Morgan fingerprint density at radius 2 is 1.53 bits per heavy atom. The van der Waals surface area contributed by atoms with Gasteiger partial charge in [0.15, 0.2) is 0 Å². The molecule has 0 aromatic rings. The molecule has 0 bridgehead atoms. The molecule has 0 N–H and O–H groups in total. The molecule has 5 nitrogen and oxygen atoms in total. The molecule has 0 amide bonds. The fourth-order valence-corrected chi connectivity index (χ4v) is 0.667. The van der Waals surface area contributed by atoms with E-state index in [4.69, 9.17) is 0 Å². The van der Waals surface area contributed by atoms with Crippen LogP contribution in [0, 0.1) is 0 Å². The van der Waals surface area contributed by atoms with Crippen molar-refractivity contribution in [3.63, 3.8) is 0 Å². The number of carbonyl (C=O) groups excluding carboxylic acids is 2. The Morgan fingerprint density at radius 3 is 1.80 bits per heavy atom. The Hall–Kier alpha value is -1.49. The Bertz CT molecular complexity index is 229. The van der Waals surface area contributed by atoms with Crippen LogP contribution in [0.25, 0.3) is 0 Å². The summed E-state index contributed by atoms with van der Waals surface area (Å²) in [7, 11) is -0.0579. The highest BCUT2D eigenvalue weighted by Crippen LogP contribution is 1.97. The zero-order chi connectivity index (χ0) is 11.7. The third-order valence-corrected chi connectivity index (χ3v) is 1.27. The van der Waals surface area contributed by atoms with Crippen molar-refractivity contribution < 1.29 is 23.5 Å². The maximum atomic E-state index is 11.0. The van der Waals surface area contributed by atoms with Gasteiger partial charge >= 0.3 is 7.32 Å². The largest absolute Gasteiger partial charge is 0.775 e. The molecule has 0 aromatic heterocycles. The summed E-state index contributed by atoms with van der Waals surface area (Å²) in [6.07, 6.45) is 2.80. The van der Waals surface area contributed by atoms with Gasteiger partial charge in [-0.25, -0.2) is 0 Å². The van der Waals surface area contributed by atoms with Gasteiger partial charge < -0.3 is 13.9 Å². The first-order chi connectivity index (χ1) is 7.13. The van der Waals surface area contributed by atoms with Gasteiger partial charge in [-0.3, -0.25) is 9.59 Å². The SMILES string of the molecule is BOB(OC(=O)CC=C)OC(=O)CC=C. The summed E-state index contributed by atoms with van der Waals surface area (Å²) < 4.78 is 13.9. The molecule has 0 unspecified atom stereocenters. The van der Waals surface area contributed by atoms with E-state index in [0.29, 0.717) is 0 Å². The van der Waals surface area contributed by atoms with Crippen LogP contribution >= 0.6 is 0 Å². The monoisotopic (exact) mass is 210 g/mol. The third kappa shape index (κ3) is 6.56. The van der Waals surface area contributed by atoms with Crippen LogP contribution in [0.2, 0.25) is 0 Å². The minimum Gasteiger partial charge on any atom is -0.474 e. The fourth-order valence-electron chi connectivity index (χ4n) is 0.667. The minimum absolute atomic E-state index is 0.0267. The molecule has 0 aliphatic carbocycles. The maximum absolute atomic E-state index is 11.0. The van der Waals surface area contributed by atoms with E-state index in [1.54, 1.807) is 0 Å².